The molecule has 0 atom stereocenters. The zero-order valence-electron chi connectivity index (χ0n) is 17.0. The highest BCUT2D eigenvalue weighted by Gasteiger charge is 2.09. The van der Waals surface area contributed by atoms with Gasteiger partial charge in [-0.1, -0.05) is 26.0 Å². The second kappa shape index (κ2) is 10.8. The van der Waals surface area contributed by atoms with Crippen molar-refractivity contribution in [2.45, 2.75) is 33.6 Å². The van der Waals surface area contributed by atoms with Gasteiger partial charge in [0.25, 0.3) is 5.91 Å². The molecular weight excluding hydrogens is 370 g/mol. The highest BCUT2D eigenvalue weighted by molar-refractivity contribution is 5.95. The van der Waals surface area contributed by atoms with Crippen molar-refractivity contribution < 1.29 is 19.1 Å². The maximum Gasteiger partial charge on any atom is 0.269 e. The van der Waals surface area contributed by atoms with Crippen LogP contribution in [0.5, 0.6) is 5.75 Å². The maximum atomic E-state index is 12.2. The molecule has 3 amide bonds. The zero-order chi connectivity index (χ0) is 21.2. The summed E-state index contributed by atoms with van der Waals surface area (Å²) < 4.78 is 5.62. The molecule has 2 aromatic rings. The van der Waals surface area contributed by atoms with Gasteiger partial charge in [-0.3, -0.25) is 25.2 Å². The molecule has 3 N–H and O–H groups in total. The van der Waals surface area contributed by atoms with Gasteiger partial charge in [-0.15, -0.1) is 0 Å². The highest BCUT2D eigenvalue weighted by Crippen LogP contribution is 2.13. The van der Waals surface area contributed by atoms with E-state index in [0.29, 0.717) is 29.5 Å². The Hall–Kier alpha value is -3.35. The van der Waals surface area contributed by atoms with Gasteiger partial charge in [-0.2, -0.15) is 0 Å². The molecule has 0 fully saturated rings. The summed E-state index contributed by atoms with van der Waals surface area (Å²) in [7, 11) is 0. The Kier molecular flexibility index (Phi) is 8.21. The van der Waals surface area contributed by atoms with E-state index in [2.05, 4.69) is 30.0 Å². The first-order chi connectivity index (χ1) is 13.8. The van der Waals surface area contributed by atoms with Crippen LogP contribution < -0.4 is 20.9 Å². The number of anilines is 1. The molecule has 7 heteroatoms. The fraction of sp³-hybridized carbons (Fsp3) is 0.318. The van der Waals surface area contributed by atoms with Crippen molar-refractivity contribution in [2.24, 2.45) is 5.92 Å². The van der Waals surface area contributed by atoms with Crippen molar-refractivity contribution in [1.29, 1.82) is 0 Å². The summed E-state index contributed by atoms with van der Waals surface area (Å²) in [5.41, 5.74) is 6.63. The van der Waals surface area contributed by atoms with Gasteiger partial charge in [0.1, 0.15) is 5.75 Å². The van der Waals surface area contributed by atoms with Crippen molar-refractivity contribution in [3.8, 4) is 5.75 Å². The lowest BCUT2D eigenvalue weighted by molar-refractivity contribution is -0.121. The number of rotatable bonds is 8. The molecule has 0 aliphatic heterocycles. The Balaban J connectivity index is 1.77. The van der Waals surface area contributed by atoms with Gasteiger partial charge in [0, 0.05) is 18.2 Å². The molecule has 0 aliphatic rings. The lowest BCUT2D eigenvalue weighted by Gasteiger charge is -2.10. The van der Waals surface area contributed by atoms with E-state index in [9.17, 15) is 14.4 Å². The van der Waals surface area contributed by atoms with Crippen LogP contribution in [0, 0.1) is 5.92 Å². The largest absolute Gasteiger partial charge is 0.494 e. The molecular formula is C22H27N3O4. The van der Waals surface area contributed by atoms with E-state index in [-0.39, 0.29) is 18.2 Å². The molecule has 0 spiro atoms. The van der Waals surface area contributed by atoms with E-state index in [1.165, 1.54) is 6.92 Å². The average molecular weight is 397 g/mol. The van der Waals surface area contributed by atoms with Crippen LogP contribution in [0.3, 0.4) is 0 Å². The van der Waals surface area contributed by atoms with E-state index in [1.54, 1.807) is 48.5 Å². The van der Waals surface area contributed by atoms with Crippen molar-refractivity contribution in [1.82, 2.24) is 10.9 Å². The Morgan fingerprint density at radius 2 is 1.59 bits per heavy atom. The molecule has 2 rings (SSSR count). The summed E-state index contributed by atoms with van der Waals surface area (Å²) in [5, 5.41) is 2.66. The van der Waals surface area contributed by atoms with Crippen LogP contribution in [0.1, 0.15) is 43.1 Å². The Labute approximate surface area is 170 Å². The van der Waals surface area contributed by atoms with Crippen molar-refractivity contribution in [3.05, 3.63) is 59.7 Å². The zero-order valence-corrected chi connectivity index (χ0v) is 17.0. The number of amides is 3. The van der Waals surface area contributed by atoms with Crippen LogP contribution in [-0.2, 0) is 16.0 Å². The second-order valence-corrected chi connectivity index (χ2v) is 7.11. The molecule has 0 heterocycles. The Morgan fingerprint density at radius 1 is 0.931 bits per heavy atom. The normalized spacial score (nSPS) is 10.3. The van der Waals surface area contributed by atoms with E-state index in [1.807, 2.05) is 0 Å². The average Bonchev–Trinajstić information content (AvgIpc) is 2.67. The van der Waals surface area contributed by atoms with Gasteiger partial charge in [-0.05, 0) is 54.3 Å². The van der Waals surface area contributed by atoms with Crippen LogP contribution in [0.15, 0.2) is 48.5 Å². The molecule has 154 valence electrons. The van der Waals surface area contributed by atoms with Crippen molar-refractivity contribution in [3.63, 3.8) is 0 Å². The summed E-state index contributed by atoms with van der Waals surface area (Å²) in [6, 6.07) is 13.7. The van der Waals surface area contributed by atoms with Gasteiger partial charge in [0.05, 0.1) is 13.0 Å². The fourth-order valence-electron chi connectivity index (χ4n) is 2.45. The van der Waals surface area contributed by atoms with Crippen LogP contribution in [0.25, 0.3) is 0 Å². The molecule has 0 saturated heterocycles. The van der Waals surface area contributed by atoms with Gasteiger partial charge in [0.2, 0.25) is 11.8 Å². The lowest BCUT2D eigenvalue weighted by Crippen LogP contribution is -2.42. The first-order valence-electron chi connectivity index (χ1n) is 9.52. The van der Waals surface area contributed by atoms with E-state index >= 15 is 0 Å². The van der Waals surface area contributed by atoms with Crippen LogP contribution in [0.2, 0.25) is 0 Å². The number of carbonyl (C=O) groups excluding carboxylic acids is 3. The Bertz CT molecular complexity index is 830. The molecule has 7 nitrogen and oxygen atoms in total. The highest BCUT2D eigenvalue weighted by atomic mass is 16.5. The number of hydrogen-bond acceptors (Lipinski definition) is 4. The molecule has 0 bridgehead atoms. The molecule has 0 saturated carbocycles. The third kappa shape index (κ3) is 8.04. The maximum absolute atomic E-state index is 12.2. The fourth-order valence-corrected chi connectivity index (χ4v) is 2.45. The number of benzene rings is 2. The third-order valence-corrected chi connectivity index (χ3v) is 4.03. The standard InChI is InChI=1S/C22H27N3O4/c1-15(2)12-13-29-20-10-6-18(7-11-20)22(28)25-24-21(27)14-17-4-8-19(9-5-17)23-16(3)26/h4-11,15H,12-14H2,1-3H3,(H,23,26)(H,24,27)(H,25,28). The van der Waals surface area contributed by atoms with Gasteiger partial charge < -0.3 is 10.1 Å². The minimum absolute atomic E-state index is 0.100. The van der Waals surface area contributed by atoms with E-state index in [4.69, 9.17) is 4.74 Å². The number of hydrogen-bond donors (Lipinski definition) is 3. The van der Waals surface area contributed by atoms with Gasteiger partial charge in [-0.25, -0.2) is 0 Å². The van der Waals surface area contributed by atoms with Crippen LogP contribution in [0.4, 0.5) is 5.69 Å². The molecule has 29 heavy (non-hydrogen) atoms. The summed E-state index contributed by atoms with van der Waals surface area (Å²) in [4.78, 5) is 35.2. The smallest absolute Gasteiger partial charge is 0.269 e. The van der Waals surface area contributed by atoms with Crippen molar-refractivity contribution in [2.75, 3.05) is 11.9 Å². The minimum atomic E-state index is -0.409. The monoisotopic (exact) mass is 397 g/mol. The molecule has 0 aliphatic carbocycles. The number of carbonyl (C=O) groups is 3. The quantitative estimate of drug-likeness (QED) is 0.597. The SMILES string of the molecule is CC(=O)Nc1ccc(CC(=O)NNC(=O)c2ccc(OCCC(C)C)cc2)cc1. The molecule has 0 aromatic heterocycles. The number of hydrazine groups is 1. The predicted molar refractivity (Wildman–Crippen MR) is 111 cm³/mol. The van der Waals surface area contributed by atoms with Crippen LogP contribution in [-0.4, -0.2) is 24.3 Å². The first-order valence-corrected chi connectivity index (χ1v) is 9.52. The Morgan fingerprint density at radius 3 is 2.17 bits per heavy atom. The minimum Gasteiger partial charge on any atom is -0.494 e. The molecule has 2 aromatic carbocycles. The van der Waals surface area contributed by atoms with Crippen molar-refractivity contribution >= 4 is 23.4 Å². The van der Waals surface area contributed by atoms with E-state index in [0.717, 1.165) is 12.0 Å². The first kappa shape index (κ1) is 21.9. The summed E-state index contributed by atoms with van der Waals surface area (Å²) in [5.74, 6) is 0.355. The van der Waals surface area contributed by atoms with Crippen LogP contribution >= 0.6 is 0 Å². The number of nitrogens with one attached hydrogen (secondary N) is 3. The second-order valence-electron chi connectivity index (χ2n) is 7.11. The van der Waals surface area contributed by atoms with Gasteiger partial charge >= 0.3 is 0 Å². The lowest BCUT2D eigenvalue weighted by atomic mass is 10.1. The molecule has 0 radical (unpaired) electrons. The summed E-state index contributed by atoms with van der Waals surface area (Å²) >= 11 is 0. The molecule has 0 unspecified atom stereocenters. The summed E-state index contributed by atoms with van der Waals surface area (Å²) in [6.45, 7) is 6.32. The van der Waals surface area contributed by atoms with Gasteiger partial charge in [0.15, 0.2) is 0 Å². The predicted octanol–water partition coefficient (Wildman–Crippen LogP) is 3.07. The third-order valence-electron chi connectivity index (χ3n) is 4.03. The topological polar surface area (TPSA) is 96.5 Å². The van der Waals surface area contributed by atoms with E-state index < -0.39 is 5.91 Å². The summed E-state index contributed by atoms with van der Waals surface area (Å²) in [6.07, 6.45) is 1.06. The number of ether oxygens (including phenoxy) is 1.